The van der Waals surface area contributed by atoms with E-state index in [0.29, 0.717) is 35.4 Å². The van der Waals surface area contributed by atoms with E-state index in [1.165, 1.54) is 0 Å². The molecule has 0 unspecified atom stereocenters. The van der Waals surface area contributed by atoms with Crippen LogP contribution in [-0.2, 0) is 4.79 Å². The van der Waals surface area contributed by atoms with Crippen LogP contribution in [0.4, 0.5) is 11.4 Å². The standard InChI is InChI=1S/C19H23ClN2O3/c1-4-24-17-10-9-14(11-18(17)25-5-2)22-19(23)12-21-16-8-6-7-15(20)13(16)3/h6-11,21H,4-5,12H2,1-3H3,(H,22,23). The van der Waals surface area contributed by atoms with Crippen molar-refractivity contribution in [1.82, 2.24) is 0 Å². The third kappa shape index (κ3) is 5.29. The van der Waals surface area contributed by atoms with Crippen LogP contribution >= 0.6 is 11.6 Å². The first kappa shape index (κ1) is 18.9. The zero-order chi connectivity index (χ0) is 18.2. The van der Waals surface area contributed by atoms with Gasteiger partial charge in [0.1, 0.15) is 0 Å². The van der Waals surface area contributed by atoms with Crippen LogP contribution in [0.25, 0.3) is 0 Å². The topological polar surface area (TPSA) is 59.6 Å². The van der Waals surface area contributed by atoms with E-state index in [-0.39, 0.29) is 12.5 Å². The molecule has 1 amide bonds. The molecule has 2 aromatic rings. The average Bonchev–Trinajstić information content (AvgIpc) is 2.59. The predicted molar refractivity (Wildman–Crippen MR) is 102 cm³/mol. The summed E-state index contributed by atoms with van der Waals surface area (Å²) in [5.41, 5.74) is 2.41. The van der Waals surface area contributed by atoms with E-state index in [4.69, 9.17) is 21.1 Å². The molecule has 5 nitrogen and oxygen atoms in total. The number of benzene rings is 2. The number of carbonyl (C=O) groups excluding carboxylic acids is 1. The molecule has 2 N–H and O–H groups in total. The summed E-state index contributed by atoms with van der Waals surface area (Å²) in [6.07, 6.45) is 0. The van der Waals surface area contributed by atoms with Crippen molar-refractivity contribution in [3.8, 4) is 11.5 Å². The first-order chi connectivity index (χ1) is 12.0. The Morgan fingerprint density at radius 1 is 1.08 bits per heavy atom. The van der Waals surface area contributed by atoms with Crippen molar-refractivity contribution < 1.29 is 14.3 Å². The van der Waals surface area contributed by atoms with Gasteiger partial charge in [0.25, 0.3) is 0 Å². The molecule has 0 spiro atoms. The third-order valence-corrected chi connectivity index (χ3v) is 3.94. The Balaban J connectivity index is 2.00. The lowest BCUT2D eigenvalue weighted by atomic mass is 10.2. The van der Waals surface area contributed by atoms with E-state index in [9.17, 15) is 4.79 Å². The van der Waals surface area contributed by atoms with Crippen molar-refractivity contribution in [3.63, 3.8) is 0 Å². The lowest BCUT2D eigenvalue weighted by Gasteiger charge is -2.14. The van der Waals surface area contributed by atoms with Gasteiger partial charge in [-0.3, -0.25) is 4.79 Å². The smallest absolute Gasteiger partial charge is 0.243 e. The van der Waals surface area contributed by atoms with Crippen LogP contribution in [0.2, 0.25) is 5.02 Å². The summed E-state index contributed by atoms with van der Waals surface area (Å²) in [6.45, 7) is 6.93. The minimum absolute atomic E-state index is 0.137. The van der Waals surface area contributed by atoms with Crippen molar-refractivity contribution in [2.45, 2.75) is 20.8 Å². The second kappa shape index (κ2) is 9.18. The quantitative estimate of drug-likeness (QED) is 0.726. The van der Waals surface area contributed by atoms with Crippen LogP contribution in [0.15, 0.2) is 36.4 Å². The van der Waals surface area contributed by atoms with E-state index in [0.717, 1.165) is 11.3 Å². The van der Waals surface area contributed by atoms with Gasteiger partial charge in [-0.25, -0.2) is 0 Å². The van der Waals surface area contributed by atoms with Crippen LogP contribution in [0.1, 0.15) is 19.4 Å². The number of nitrogens with one attached hydrogen (secondary N) is 2. The largest absolute Gasteiger partial charge is 0.490 e. The van der Waals surface area contributed by atoms with Gasteiger partial charge in [-0.05, 0) is 50.6 Å². The minimum Gasteiger partial charge on any atom is -0.490 e. The molecule has 0 radical (unpaired) electrons. The van der Waals surface area contributed by atoms with E-state index >= 15 is 0 Å². The van der Waals surface area contributed by atoms with Crippen LogP contribution in [0.3, 0.4) is 0 Å². The maximum Gasteiger partial charge on any atom is 0.243 e. The van der Waals surface area contributed by atoms with Gasteiger partial charge < -0.3 is 20.1 Å². The summed E-state index contributed by atoms with van der Waals surface area (Å²) in [4.78, 5) is 12.2. The molecule has 0 heterocycles. The van der Waals surface area contributed by atoms with E-state index in [1.54, 1.807) is 18.2 Å². The summed E-state index contributed by atoms with van der Waals surface area (Å²) in [6, 6.07) is 10.9. The van der Waals surface area contributed by atoms with Gasteiger partial charge >= 0.3 is 0 Å². The summed E-state index contributed by atoms with van der Waals surface area (Å²) in [7, 11) is 0. The highest BCUT2D eigenvalue weighted by atomic mass is 35.5. The summed E-state index contributed by atoms with van der Waals surface area (Å²) >= 11 is 6.08. The van der Waals surface area contributed by atoms with Gasteiger partial charge in [0.2, 0.25) is 5.91 Å². The molecule has 2 rings (SSSR count). The molecular weight excluding hydrogens is 340 g/mol. The van der Waals surface area contributed by atoms with Crippen molar-refractivity contribution in [2.75, 3.05) is 30.4 Å². The van der Waals surface area contributed by atoms with E-state index in [1.807, 2.05) is 39.0 Å². The van der Waals surface area contributed by atoms with Gasteiger partial charge in [0.15, 0.2) is 11.5 Å². The second-order valence-electron chi connectivity index (χ2n) is 5.34. The maximum atomic E-state index is 12.2. The van der Waals surface area contributed by atoms with E-state index in [2.05, 4.69) is 10.6 Å². The van der Waals surface area contributed by atoms with Gasteiger partial charge in [-0.1, -0.05) is 17.7 Å². The zero-order valence-electron chi connectivity index (χ0n) is 14.7. The Kier molecular flexibility index (Phi) is 6.95. The van der Waals surface area contributed by atoms with Crippen molar-refractivity contribution in [3.05, 3.63) is 47.0 Å². The molecule has 0 saturated heterocycles. The summed E-state index contributed by atoms with van der Waals surface area (Å²) in [5.74, 6) is 1.11. The van der Waals surface area contributed by atoms with Crippen LogP contribution in [0.5, 0.6) is 11.5 Å². The van der Waals surface area contributed by atoms with Crippen molar-refractivity contribution >= 4 is 28.9 Å². The number of rotatable bonds is 8. The highest BCUT2D eigenvalue weighted by Crippen LogP contribution is 2.30. The number of anilines is 2. The summed E-state index contributed by atoms with van der Waals surface area (Å²) < 4.78 is 11.1. The third-order valence-electron chi connectivity index (χ3n) is 3.53. The fourth-order valence-corrected chi connectivity index (χ4v) is 2.48. The van der Waals surface area contributed by atoms with Crippen LogP contribution in [-0.4, -0.2) is 25.7 Å². The van der Waals surface area contributed by atoms with Crippen molar-refractivity contribution in [1.29, 1.82) is 0 Å². The van der Waals surface area contributed by atoms with Gasteiger partial charge in [0, 0.05) is 22.5 Å². The number of ether oxygens (including phenoxy) is 2. The molecule has 0 aromatic heterocycles. The van der Waals surface area contributed by atoms with Gasteiger partial charge in [-0.15, -0.1) is 0 Å². The highest BCUT2D eigenvalue weighted by molar-refractivity contribution is 6.31. The fourth-order valence-electron chi connectivity index (χ4n) is 2.31. The molecule has 6 heteroatoms. The second-order valence-corrected chi connectivity index (χ2v) is 5.75. The first-order valence-electron chi connectivity index (χ1n) is 8.23. The lowest BCUT2D eigenvalue weighted by Crippen LogP contribution is -2.22. The molecule has 2 aromatic carbocycles. The van der Waals surface area contributed by atoms with Gasteiger partial charge in [-0.2, -0.15) is 0 Å². The number of amides is 1. The molecule has 134 valence electrons. The number of hydrogen-bond acceptors (Lipinski definition) is 4. The monoisotopic (exact) mass is 362 g/mol. The lowest BCUT2D eigenvalue weighted by molar-refractivity contribution is -0.114. The fraction of sp³-hybridized carbons (Fsp3) is 0.316. The molecule has 0 aliphatic carbocycles. The molecule has 0 aliphatic heterocycles. The number of carbonyl (C=O) groups is 1. The molecule has 0 saturated carbocycles. The molecule has 25 heavy (non-hydrogen) atoms. The molecule has 0 aliphatic rings. The average molecular weight is 363 g/mol. The molecule has 0 bridgehead atoms. The van der Waals surface area contributed by atoms with Crippen LogP contribution in [0, 0.1) is 6.92 Å². The molecular formula is C19H23ClN2O3. The Labute approximate surface area is 153 Å². The molecule has 0 atom stereocenters. The van der Waals surface area contributed by atoms with Crippen LogP contribution < -0.4 is 20.1 Å². The minimum atomic E-state index is -0.161. The first-order valence-corrected chi connectivity index (χ1v) is 8.61. The predicted octanol–water partition coefficient (Wildman–Crippen LogP) is 4.50. The van der Waals surface area contributed by atoms with Gasteiger partial charge in [0.05, 0.1) is 19.8 Å². The van der Waals surface area contributed by atoms with E-state index < -0.39 is 0 Å². The zero-order valence-corrected chi connectivity index (χ0v) is 15.4. The Morgan fingerprint density at radius 3 is 2.52 bits per heavy atom. The van der Waals surface area contributed by atoms with Crippen molar-refractivity contribution in [2.24, 2.45) is 0 Å². The Morgan fingerprint density at radius 2 is 1.80 bits per heavy atom. The normalized spacial score (nSPS) is 10.2. The highest BCUT2D eigenvalue weighted by Gasteiger charge is 2.09. The Hall–Kier alpha value is -2.40. The summed E-state index contributed by atoms with van der Waals surface area (Å²) in [5, 5.41) is 6.60. The SMILES string of the molecule is CCOc1ccc(NC(=O)CNc2cccc(Cl)c2C)cc1OCC. The number of halogens is 1. The Bertz CT molecular complexity index is 735. The molecule has 0 fully saturated rings. The maximum absolute atomic E-state index is 12.2. The number of hydrogen-bond donors (Lipinski definition) is 2.